The summed E-state index contributed by atoms with van der Waals surface area (Å²) in [6.07, 6.45) is 0. The van der Waals surface area contributed by atoms with Gasteiger partial charge in [0.25, 0.3) is 5.69 Å². The van der Waals surface area contributed by atoms with Crippen molar-refractivity contribution in [1.82, 2.24) is 0 Å². The molecule has 0 aliphatic heterocycles. The zero-order valence-electron chi connectivity index (χ0n) is 16.0. The highest BCUT2D eigenvalue weighted by molar-refractivity contribution is 6.00. The van der Waals surface area contributed by atoms with Crippen LogP contribution in [0.4, 0.5) is 11.4 Å². The predicted octanol–water partition coefficient (Wildman–Crippen LogP) is 3.63. The van der Waals surface area contributed by atoms with Gasteiger partial charge >= 0.3 is 5.97 Å². The molecule has 0 saturated heterocycles. The molecule has 0 atom stereocenters. The molecule has 7 heteroatoms. The van der Waals surface area contributed by atoms with Gasteiger partial charge in [0.15, 0.2) is 6.61 Å². The highest BCUT2D eigenvalue weighted by Crippen LogP contribution is 2.28. The quantitative estimate of drug-likeness (QED) is 0.334. The molecule has 0 radical (unpaired) electrons. The number of nitro benzene ring substituents is 1. The van der Waals surface area contributed by atoms with Gasteiger partial charge in [-0.2, -0.15) is 0 Å². The Labute approximate surface area is 157 Å². The molecule has 0 heterocycles. The van der Waals surface area contributed by atoms with E-state index in [0.717, 1.165) is 22.8 Å². The first-order chi connectivity index (χ1) is 12.6. The van der Waals surface area contributed by atoms with Crippen LogP contribution in [0.15, 0.2) is 30.3 Å². The van der Waals surface area contributed by atoms with E-state index in [4.69, 9.17) is 4.74 Å². The van der Waals surface area contributed by atoms with Crippen molar-refractivity contribution >= 4 is 23.1 Å². The SMILES string of the molecule is Cc1cc(C)c(C(=O)COC(=O)c2ccc(N(C)C)c([N+](=O)[O-])c2)cc1C. The molecule has 142 valence electrons. The monoisotopic (exact) mass is 370 g/mol. The molecule has 0 aliphatic carbocycles. The maximum absolute atomic E-state index is 12.4. The molecular formula is C20H22N2O5. The van der Waals surface area contributed by atoms with E-state index in [2.05, 4.69) is 0 Å². The number of aryl methyl sites for hydroxylation is 3. The fourth-order valence-corrected chi connectivity index (χ4v) is 2.73. The molecule has 2 aromatic carbocycles. The molecule has 0 aliphatic rings. The van der Waals surface area contributed by atoms with Gasteiger partial charge in [0.2, 0.25) is 5.78 Å². The fourth-order valence-electron chi connectivity index (χ4n) is 2.73. The van der Waals surface area contributed by atoms with Crippen molar-refractivity contribution in [2.24, 2.45) is 0 Å². The number of Topliss-reactive ketones (excluding diaryl/α,β-unsaturated/α-hetero) is 1. The van der Waals surface area contributed by atoms with Crippen molar-refractivity contribution in [2.75, 3.05) is 25.6 Å². The number of anilines is 1. The molecule has 0 fully saturated rings. The Morgan fingerprint density at radius 1 is 1.04 bits per heavy atom. The summed E-state index contributed by atoms with van der Waals surface area (Å²) >= 11 is 0. The number of carbonyl (C=O) groups is 2. The summed E-state index contributed by atoms with van der Waals surface area (Å²) in [5.41, 5.74) is 3.56. The molecule has 2 rings (SSSR count). The van der Waals surface area contributed by atoms with Crippen LogP contribution >= 0.6 is 0 Å². The van der Waals surface area contributed by atoms with E-state index in [1.165, 1.54) is 12.1 Å². The van der Waals surface area contributed by atoms with Crippen LogP contribution in [-0.2, 0) is 4.74 Å². The van der Waals surface area contributed by atoms with E-state index >= 15 is 0 Å². The normalized spacial score (nSPS) is 10.4. The maximum atomic E-state index is 12.4. The number of ketones is 1. The van der Waals surface area contributed by atoms with Crippen LogP contribution in [0.25, 0.3) is 0 Å². The number of ether oxygens (including phenoxy) is 1. The Hall–Kier alpha value is -3.22. The maximum Gasteiger partial charge on any atom is 0.338 e. The molecule has 0 amide bonds. The third kappa shape index (κ3) is 4.49. The van der Waals surface area contributed by atoms with Gasteiger partial charge < -0.3 is 9.64 Å². The highest BCUT2D eigenvalue weighted by Gasteiger charge is 2.20. The molecule has 0 unspecified atom stereocenters. The van der Waals surface area contributed by atoms with Gasteiger partial charge in [-0.15, -0.1) is 0 Å². The van der Waals surface area contributed by atoms with Crippen molar-refractivity contribution in [3.05, 3.63) is 68.3 Å². The van der Waals surface area contributed by atoms with Gasteiger partial charge in [-0.25, -0.2) is 4.79 Å². The lowest BCUT2D eigenvalue weighted by atomic mass is 9.98. The molecular weight excluding hydrogens is 348 g/mol. The first-order valence-electron chi connectivity index (χ1n) is 8.35. The van der Waals surface area contributed by atoms with E-state index in [9.17, 15) is 19.7 Å². The van der Waals surface area contributed by atoms with Gasteiger partial charge in [-0.05, 0) is 55.7 Å². The zero-order chi connectivity index (χ0) is 20.3. The van der Waals surface area contributed by atoms with E-state index in [1.54, 1.807) is 25.1 Å². The zero-order valence-corrected chi connectivity index (χ0v) is 16.0. The lowest BCUT2D eigenvalue weighted by Crippen LogP contribution is -2.16. The second-order valence-corrected chi connectivity index (χ2v) is 6.61. The summed E-state index contributed by atoms with van der Waals surface area (Å²) in [5, 5.41) is 11.2. The Bertz CT molecular complexity index is 919. The molecule has 0 saturated carbocycles. The molecule has 0 aromatic heterocycles. The van der Waals surface area contributed by atoms with Crippen molar-refractivity contribution in [2.45, 2.75) is 20.8 Å². The number of nitrogens with zero attached hydrogens (tertiary/aromatic N) is 2. The van der Waals surface area contributed by atoms with E-state index in [1.807, 2.05) is 26.8 Å². The van der Waals surface area contributed by atoms with Crippen LogP contribution in [0.5, 0.6) is 0 Å². The summed E-state index contributed by atoms with van der Waals surface area (Å²) in [6.45, 7) is 5.26. The predicted molar refractivity (Wildman–Crippen MR) is 103 cm³/mol. The minimum atomic E-state index is -0.779. The van der Waals surface area contributed by atoms with Gasteiger partial charge in [0.05, 0.1) is 10.5 Å². The number of hydrogen-bond acceptors (Lipinski definition) is 6. The van der Waals surface area contributed by atoms with E-state index < -0.39 is 17.5 Å². The molecule has 7 nitrogen and oxygen atoms in total. The Kier molecular flexibility index (Phi) is 5.95. The van der Waals surface area contributed by atoms with Crippen LogP contribution in [-0.4, -0.2) is 37.4 Å². The molecule has 0 spiro atoms. The van der Waals surface area contributed by atoms with Crippen LogP contribution in [0.3, 0.4) is 0 Å². The lowest BCUT2D eigenvalue weighted by molar-refractivity contribution is -0.384. The summed E-state index contributed by atoms with van der Waals surface area (Å²) in [4.78, 5) is 36.9. The standard InChI is InChI=1S/C20H22N2O5/c1-12-8-14(3)16(9-13(12)2)19(23)11-27-20(24)15-6-7-17(21(4)5)18(10-15)22(25)26/h6-10H,11H2,1-5H3. The average Bonchev–Trinajstić information content (AvgIpc) is 2.61. The highest BCUT2D eigenvalue weighted by atomic mass is 16.6. The lowest BCUT2D eigenvalue weighted by Gasteiger charge is -2.13. The molecule has 0 N–H and O–H groups in total. The van der Waals surface area contributed by atoms with E-state index in [0.29, 0.717) is 11.3 Å². The molecule has 0 bridgehead atoms. The molecule has 2 aromatic rings. The van der Waals surface area contributed by atoms with Crippen molar-refractivity contribution < 1.29 is 19.2 Å². The average molecular weight is 370 g/mol. The third-order valence-corrected chi connectivity index (χ3v) is 4.37. The van der Waals surface area contributed by atoms with Gasteiger partial charge in [-0.1, -0.05) is 6.07 Å². The van der Waals surface area contributed by atoms with Crippen molar-refractivity contribution in [1.29, 1.82) is 0 Å². The first kappa shape index (κ1) is 20.1. The van der Waals surface area contributed by atoms with Gasteiger partial charge in [0.1, 0.15) is 5.69 Å². The van der Waals surface area contributed by atoms with Crippen LogP contribution in [0.2, 0.25) is 0 Å². The number of esters is 1. The second-order valence-electron chi connectivity index (χ2n) is 6.61. The van der Waals surface area contributed by atoms with Crippen LogP contribution in [0.1, 0.15) is 37.4 Å². The van der Waals surface area contributed by atoms with E-state index in [-0.39, 0.29) is 17.0 Å². The summed E-state index contributed by atoms with van der Waals surface area (Å²) in [7, 11) is 3.34. The second kappa shape index (κ2) is 7.99. The number of hydrogen-bond donors (Lipinski definition) is 0. The number of benzene rings is 2. The number of carbonyl (C=O) groups excluding carboxylic acids is 2. The number of nitro groups is 1. The van der Waals surface area contributed by atoms with Crippen molar-refractivity contribution in [3.8, 4) is 0 Å². The van der Waals surface area contributed by atoms with Crippen LogP contribution in [0, 0.1) is 30.9 Å². The minimum Gasteiger partial charge on any atom is -0.454 e. The first-order valence-corrected chi connectivity index (χ1v) is 8.35. The molecule has 27 heavy (non-hydrogen) atoms. The topological polar surface area (TPSA) is 89.8 Å². The smallest absolute Gasteiger partial charge is 0.338 e. The van der Waals surface area contributed by atoms with Gasteiger partial charge in [-0.3, -0.25) is 14.9 Å². The Morgan fingerprint density at radius 2 is 1.67 bits per heavy atom. The summed E-state index contributed by atoms with van der Waals surface area (Å²) in [6, 6.07) is 7.76. The summed E-state index contributed by atoms with van der Waals surface area (Å²) in [5.74, 6) is -1.10. The Balaban J connectivity index is 2.16. The Morgan fingerprint density at radius 3 is 2.26 bits per heavy atom. The largest absolute Gasteiger partial charge is 0.454 e. The van der Waals surface area contributed by atoms with Crippen molar-refractivity contribution in [3.63, 3.8) is 0 Å². The van der Waals surface area contributed by atoms with Gasteiger partial charge in [0, 0.05) is 25.7 Å². The summed E-state index contributed by atoms with van der Waals surface area (Å²) < 4.78 is 5.08. The number of rotatable bonds is 6. The third-order valence-electron chi connectivity index (χ3n) is 4.37. The van der Waals surface area contributed by atoms with Crippen LogP contribution < -0.4 is 4.90 Å². The fraction of sp³-hybridized carbons (Fsp3) is 0.300. The minimum absolute atomic E-state index is 0.0249.